The van der Waals surface area contributed by atoms with Gasteiger partial charge in [0.2, 0.25) is 0 Å². The van der Waals surface area contributed by atoms with E-state index in [4.69, 9.17) is 10.5 Å². The van der Waals surface area contributed by atoms with E-state index >= 15 is 0 Å². The van der Waals surface area contributed by atoms with Gasteiger partial charge in [0.25, 0.3) is 0 Å². The van der Waals surface area contributed by atoms with Gasteiger partial charge in [0.15, 0.2) is 6.61 Å². The SMILES string of the molecule is NC(=O)Nc1ccc(C(=O)OCc2nccc[n+]2[O-])cc1. The molecule has 0 unspecified atom stereocenters. The molecule has 21 heavy (non-hydrogen) atoms. The van der Waals surface area contributed by atoms with Crippen LogP contribution in [0.1, 0.15) is 16.2 Å². The van der Waals surface area contributed by atoms with Gasteiger partial charge in [-0.05, 0) is 29.2 Å². The number of carbonyl (C=O) groups excluding carboxylic acids is 2. The number of nitrogens with one attached hydrogen (secondary N) is 1. The Morgan fingerprint density at radius 3 is 2.67 bits per heavy atom. The maximum absolute atomic E-state index is 11.8. The standard InChI is InChI=1S/C13H12N4O4/c14-13(19)16-10-4-2-9(3-5-10)12(18)21-8-11-15-6-1-7-17(11)20/h1-7H,8H2,(H3,14,16,19). The number of rotatable bonds is 4. The molecule has 0 aliphatic rings. The van der Waals surface area contributed by atoms with Gasteiger partial charge in [0, 0.05) is 11.8 Å². The molecule has 1 aromatic heterocycles. The van der Waals surface area contributed by atoms with E-state index in [0.717, 1.165) is 0 Å². The van der Waals surface area contributed by atoms with Gasteiger partial charge >= 0.3 is 17.8 Å². The van der Waals surface area contributed by atoms with E-state index in [1.54, 1.807) is 0 Å². The Bertz CT molecular complexity index is 657. The lowest BCUT2D eigenvalue weighted by Crippen LogP contribution is -2.33. The Morgan fingerprint density at radius 1 is 1.33 bits per heavy atom. The summed E-state index contributed by atoms with van der Waals surface area (Å²) in [5, 5.41) is 13.7. The van der Waals surface area contributed by atoms with Crippen molar-refractivity contribution in [2.75, 3.05) is 5.32 Å². The molecule has 0 atom stereocenters. The first-order valence-corrected chi connectivity index (χ1v) is 5.93. The van der Waals surface area contributed by atoms with E-state index in [1.165, 1.54) is 42.7 Å². The highest BCUT2D eigenvalue weighted by molar-refractivity contribution is 5.91. The van der Waals surface area contributed by atoms with Crippen LogP contribution in [-0.4, -0.2) is 17.0 Å². The average Bonchev–Trinajstić information content (AvgIpc) is 2.46. The fourth-order valence-corrected chi connectivity index (χ4v) is 1.53. The summed E-state index contributed by atoms with van der Waals surface area (Å²) in [7, 11) is 0. The number of nitrogens with two attached hydrogens (primary N) is 1. The van der Waals surface area contributed by atoms with Crippen LogP contribution < -0.4 is 15.8 Å². The fourth-order valence-electron chi connectivity index (χ4n) is 1.53. The molecule has 108 valence electrons. The molecule has 1 aromatic carbocycles. The number of aromatic nitrogens is 2. The highest BCUT2D eigenvalue weighted by Crippen LogP contribution is 2.10. The number of carbonyl (C=O) groups is 2. The summed E-state index contributed by atoms with van der Waals surface area (Å²) in [5.74, 6) is -0.524. The maximum atomic E-state index is 11.8. The topological polar surface area (TPSA) is 121 Å². The summed E-state index contributed by atoms with van der Waals surface area (Å²) in [6.45, 7) is -0.232. The molecule has 0 aliphatic heterocycles. The number of esters is 1. The third kappa shape index (κ3) is 3.90. The molecule has 8 heteroatoms. The van der Waals surface area contributed by atoms with Crippen LogP contribution in [0, 0.1) is 5.21 Å². The quantitative estimate of drug-likeness (QED) is 0.483. The van der Waals surface area contributed by atoms with Crippen LogP contribution in [0.25, 0.3) is 0 Å². The molecule has 0 radical (unpaired) electrons. The van der Waals surface area contributed by atoms with Gasteiger partial charge < -0.3 is 21.0 Å². The van der Waals surface area contributed by atoms with Crippen LogP contribution in [0.4, 0.5) is 10.5 Å². The van der Waals surface area contributed by atoms with Crippen LogP contribution in [0.15, 0.2) is 42.7 Å². The smallest absolute Gasteiger partial charge is 0.339 e. The highest BCUT2D eigenvalue weighted by atomic mass is 16.5. The summed E-state index contributed by atoms with van der Waals surface area (Å²) >= 11 is 0. The van der Waals surface area contributed by atoms with E-state index < -0.39 is 12.0 Å². The number of amides is 2. The molecule has 0 spiro atoms. The van der Waals surface area contributed by atoms with Gasteiger partial charge in [-0.15, -0.1) is 0 Å². The first kappa shape index (κ1) is 14.3. The zero-order valence-electron chi connectivity index (χ0n) is 10.9. The lowest BCUT2D eigenvalue weighted by atomic mass is 10.2. The summed E-state index contributed by atoms with van der Waals surface area (Å²) in [6.07, 6.45) is 2.70. The monoisotopic (exact) mass is 288 g/mol. The lowest BCUT2D eigenvalue weighted by molar-refractivity contribution is -0.620. The minimum atomic E-state index is -0.694. The third-order valence-corrected chi connectivity index (χ3v) is 2.51. The molecule has 1 heterocycles. The molecule has 2 rings (SSSR count). The summed E-state index contributed by atoms with van der Waals surface area (Å²) in [5.41, 5.74) is 5.70. The lowest BCUT2D eigenvalue weighted by Gasteiger charge is -2.06. The number of nitrogens with zero attached hydrogens (tertiary/aromatic N) is 2. The zero-order valence-corrected chi connectivity index (χ0v) is 10.9. The van der Waals surface area contributed by atoms with Gasteiger partial charge in [-0.2, -0.15) is 0 Å². The summed E-state index contributed by atoms with van der Waals surface area (Å²) < 4.78 is 5.50. The second-order valence-corrected chi connectivity index (χ2v) is 4.00. The van der Waals surface area contributed by atoms with Crippen molar-refractivity contribution in [1.29, 1.82) is 0 Å². The van der Waals surface area contributed by atoms with E-state index in [9.17, 15) is 14.8 Å². The minimum absolute atomic E-state index is 0.0814. The molecule has 0 aliphatic carbocycles. The largest absolute Gasteiger partial charge is 0.711 e. The fraction of sp³-hybridized carbons (Fsp3) is 0.0769. The summed E-state index contributed by atoms with van der Waals surface area (Å²) in [4.78, 5) is 26.3. The van der Waals surface area contributed by atoms with Crippen molar-refractivity contribution < 1.29 is 19.1 Å². The molecule has 0 saturated heterocycles. The molecule has 2 aromatic rings. The van der Waals surface area contributed by atoms with Crippen molar-refractivity contribution in [3.05, 3.63) is 59.3 Å². The predicted molar refractivity (Wildman–Crippen MR) is 72.0 cm³/mol. The van der Waals surface area contributed by atoms with Crippen molar-refractivity contribution in [2.24, 2.45) is 5.73 Å². The third-order valence-electron chi connectivity index (χ3n) is 2.51. The number of primary amides is 1. The van der Waals surface area contributed by atoms with Crippen molar-refractivity contribution in [2.45, 2.75) is 6.61 Å². The van der Waals surface area contributed by atoms with Crippen LogP contribution in [-0.2, 0) is 11.3 Å². The van der Waals surface area contributed by atoms with Gasteiger partial charge in [-0.3, -0.25) is 0 Å². The number of benzene rings is 1. The number of urea groups is 1. The Labute approximate surface area is 119 Å². The average molecular weight is 288 g/mol. The Hall–Kier alpha value is -3.16. The maximum Gasteiger partial charge on any atom is 0.339 e. The molecule has 0 bridgehead atoms. The van der Waals surface area contributed by atoms with E-state index in [0.29, 0.717) is 10.4 Å². The molecule has 3 N–H and O–H groups in total. The second-order valence-electron chi connectivity index (χ2n) is 4.00. The second kappa shape index (κ2) is 6.33. The molecular weight excluding hydrogens is 276 g/mol. The zero-order chi connectivity index (χ0) is 15.2. The molecular formula is C13H12N4O4. The highest BCUT2D eigenvalue weighted by Gasteiger charge is 2.12. The predicted octanol–water partition coefficient (Wildman–Crippen LogP) is 0.563. The molecule has 0 saturated carbocycles. The van der Waals surface area contributed by atoms with Gasteiger partial charge in [0.1, 0.15) is 6.20 Å². The molecule has 0 fully saturated rings. The van der Waals surface area contributed by atoms with Gasteiger partial charge in [-0.25, -0.2) is 14.3 Å². The van der Waals surface area contributed by atoms with Crippen LogP contribution in [0.5, 0.6) is 0 Å². The first-order valence-electron chi connectivity index (χ1n) is 5.93. The number of ether oxygens (including phenoxy) is 1. The van der Waals surface area contributed by atoms with Crippen LogP contribution in [0.3, 0.4) is 0 Å². The first-order chi connectivity index (χ1) is 10.1. The van der Waals surface area contributed by atoms with Gasteiger partial charge in [0.05, 0.1) is 11.8 Å². The molecule has 2 amide bonds. The van der Waals surface area contributed by atoms with Crippen molar-refractivity contribution in [3.63, 3.8) is 0 Å². The van der Waals surface area contributed by atoms with Crippen LogP contribution in [0.2, 0.25) is 0 Å². The Balaban J connectivity index is 1.97. The minimum Gasteiger partial charge on any atom is -0.711 e. The normalized spacial score (nSPS) is 9.90. The summed E-state index contributed by atoms with van der Waals surface area (Å²) in [6, 6.07) is 6.74. The van der Waals surface area contributed by atoms with Crippen molar-refractivity contribution in [3.8, 4) is 0 Å². The number of hydrogen-bond donors (Lipinski definition) is 2. The van der Waals surface area contributed by atoms with E-state index in [1.807, 2.05) is 0 Å². The van der Waals surface area contributed by atoms with Crippen LogP contribution >= 0.6 is 0 Å². The molecule has 8 nitrogen and oxygen atoms in total. The van der Waals surface area contributed by atoms with E-state index in [2.05, 4.69) is 10.3 Å². The number of hydrogen-bond acceptors (Lipinski definition) is 5. The van der Waals surface area contributed by atoms with E-state index in [-0.39, 0.29) is 18.0 Å². The number of anilines is 1. The Morgan fingerprint density at radius 2 is 2.05 bits per heavy atom. The van der Waals surface area contributed by atoms with Gasteiger partial charge in [-0.1, -0.05) is 0 Å². The Kier molecular flexibility index (Phi) is 4.30. The van der Waals surface area contributed by atoms with Crippen molar-refractivity contribution >= 4 is 17.7 Å². The van der Waals surface area contributed by atoms with Crippen molar-refractivity contribution in [1.82, 2.24) is 4.98 Å².